The molecule has 4 N–H and O–H groups in total. The van der Waals surface area contributed by atoms with Crippen molar-refractivity contribution in [1.82, 2.24) is 4.90 Å². The first-order valence-corrected chi connectivity index (χ1v) is 6.49. The molecule has 1 atom stereocenters. The molecule has 0 aromatic rings. The van der Waals surface area contributed by atoms with Gasteiger partial charge in [0.25, 0.3) is 10.1 Å². The third-order valence-electron chi connectivity index (χ3n) is 2.05. The minimum Gasteiger partial charge on any atom is -0.480 e. The van der Waals surface area contributed by atoms with Gasteiger partial charge in [-0.15, -0.1) is 0 Å². The number of nitrogens with zero attached hydrogens (tertiary/aromatic N) is 1. The second-order valence-electron chi connectivity index (χ2n) is 3.62. The highest BCUT2D eigenvalue weighted by atomic mass is 32.2. The first-order valence-electron chi connectivity index (χ1n) is 4.88. The van der Waals surface area contributed by atoms with Crippen LogP contribution in [0.2, 0.25) is 0 Å². The van der Waals surface area contributed by atoms with Crippen molar-refractivity contribution in [2.24, 2.45) is 0 Å². The summed E-state index contributed by atoms with van der Waals surface area (Å²) in [6.45, 7) is -1.76. The number of carbonyl (C=O) groups is 3. The first-order chi connectivity index (χ1) is 8.53. The normalized spacial score (nSPS) is 13.2. The fourth-order valence-electron chi connectivity index (χ4n) is 1.35. The Bertz CT molecular complexity index is 441. The molecule has 0 aliphatic carbocycles. The monoisotopic (exact) mass is 299 g/mol. The molecule has 110 valence electrons. The van der Waals surface area contributed by atoms with E-state index in [2.05, 4.69) is 0 Å². The molecule has 0 saturated heterocycles. The topological polar surface area (TPSA) is 170 Å². The molecule has 10 nitrogen and oxygen atoms in total. The molecule has 1 unspecified atom stereocenters. The zero-order valence-corrected chi connectivity index (χ0v) is 10.4. The Morgan fingerprint density at radius 3 is 1.68 bits per heavy atom. The van der Waals surface area contributed by atoms with Crippen LogP contribution in [-0.2, 0) is 24.5 Å². The van der Waals surface area contributed by atoms with E-state index in [0.29, 0.717) is 4.90 Å². The predicted molar refractivity (Wildman–Crippen MR) is 59.3 cm³/mol. The van der Waals surface area contributed by atoms with Crippen LogP contribution in [0.4, 0.5) is 0 Å². The number of hydrogen-bond donors (Lipinski definition) is 4. The fourth-order valence-corrected chi connectivity index (χ4v) is 1.87. The van der Waals surface area contributed by atoms with E-state index in [-0.39, 0.29) is 0 Å². The molecule has 0 aromatic carbocycles. The molecule has 0 aliphatic heterocycles. The van der Waals surface area contributed by atoms with Gasteiger partial charge in [-0.05, 0) is 6.42 Å². The van der Waals surface area contributed by atoms with Gasteiger partial charge in [0.2, 0.25) is 0 Å². The average Bonchev–Trinajstić information content (AvgIpc) is 2.12. The molecule has 19 heavy (non-hydrogen) atoms. The van der Waals surface area contributed by atoms with Crippen molar-refractivity contribution < 1.29 is 42.7 Å². The van der Waals surface area contributed by atoms with Gasteiger partial charge in [0, 0.05) is 0 Å². The predicted octanol–water partition coefficient (Wildman–Crippen LogP) is -1.81. The maximum Gasteiger partial charge on any atom is 0.320 e. The van der Waals surface area contributed by atoms with Crippen LogP contribution in [0.1, 0.15) is 6.42 Å². The highest BCUT2D eigenvalue weighted by Gasteiger charge is 2.30. The summed E-state index contributed by atoms with van der Waals surface area (Å²) in [7, 11) is -4.43. The van der Waals surface area contributed by atoms with Crippen LogP contribution in [0.3, 0.4) is 0 Å². The average molecular weight is 299 g/mol. The lowest BCUT2D eigenvalue weighted by atomic mass is 10.2. The molecule has 0 aromatic heterocycles. The molecule has 0 heterocycles. The number of carboxylic acids is 3. The van der Waals surface area contributed by atoms with Crippen LogP contribution in [0.15, 0.2) is 0 Å². The minimum absolute atomic E-state index is 0.582. The first kappa shape index (κ1) is 17.3. The van der Waals surface area contributed by atoms with E-state index in [4.69, 9.17) is 19.9 Å². The van der Waals surface area contributed by atoms with Crippen LogP contribution in [0.5, 0.6) is 0 Å². The van der Waals surface area contributed by atoms with Crippen molar-refractivity contribution in [3.63, 3.8) is 0 Å². The van der Waals surface area contributed by atoms with Crippen molar-refractivity contribution in [2.75, 3.05) is 18.8 Å². The number of carboxylic acid groups (broad SMARTS) is 3. The summed E-state index contributed by atoms with van der Waals surface area (Å²) in [6, 6.07) is -1.64. The second-order valence-corrected chi connectivity index (χ2v) is 5.19. The van der Waals surface area contributed by atoms with Crippen LogP contribution in [-0.4, -0.2) is 76.0 Å². The van der Waals surface area contributed by atoms with E-state index in [9.17, 15) is 22.8 Å². The molecule has 0 amide bonds. The minimum atomic E-state index is -4.43. The number of rotatable bonds is 9. The van der Waals surface area contributed by atoms with E-state index in [1.54, 1.807) is 0 Å². The number of hydrogen-bond acceptors (Lipinski definition) is 6. The van der Waals surface area contributed by atoms with Crippen molar-refractivity contribution >= 4 is 28.0 Å². The lowest BCUT2D eigenvalue weighted by molar-refractivity contribution is -0.149. The molecular weight excluding hydrogens is 286 g/mol. The van der Waals surface area contributed by atoms with E-state index < -0.39 is 59.3 Å². The van der Waals surface area contributed by atoms with E-state index in [1.165, 1.54) is 0 Å². The zero-order valence-electron chi connectivity index (χ0n) is 9.59. The van der Waals surface area contributed by atoms with Gasteiger partial charge in [-0.3, -0.25) is 23.8 Å². The van der Waals surface area contributed by atoms with Gasteiger partial charge in [0.05, 0.1) is 18.8 Å². The zero-order chi connectivity index (χ0) is 15.2. The van der Waals surface area contributed by atoms with Crippen LogP contribution < -0.4 is 0 Å². The van der Waals surface area contributed by atoms with Crippen LogP contribution in [0, 0.1) is 0 Å². The standard InChI is InChI=1S/C8H13NO9S/c10-6(11)3-9(4-7(12)13)5(8(14)15)1-2-19(16,17)18/h5H,1-4H2,(H,10,11)(H,12,13)(H,14,15)(H,16,17,18). The maximum atomic E-state index is 10.9. The quantitative estimate of drug-likeness (QED) is 0.356. The van der Waals surface area contributed by atoms with E-state index in [1.807, 2.05) is 0 Å². The van der Waals surface area contributed by atoms with Crippen molar-refractivity contribution in [3.05, 3.63) is 0 Å². The Kier molecular flexibility index (Phi) is 6.38. The largest absolute Gasteiger partial charge is 0.480 e. The lowest BCUT2D eigenvalue weighted by Crippen LogP contribution is -2.47. The highest BCUT2D eigenvalue weighted by Crippen LogP contribution is 2.07. The summed E-state index contributed by atoms with van der Waals surface area (Å²) in [6.07, 6.45) is -0.630. The van der Waals surface area contributed by atoms with Gasteiger partial charge < -0.3 is 15.3 Å². The molecule has 11 heteroatoms. The van der Waals surface area contributed by atoms with E-state index in [0.717, 1.165) is 0 Å². The molecule has 0 saturated carbocycles. The number of aliphatic carboxylic acids is 3. The SMILES string of the molecule is O=C(O)CN(CC(=O)O)C(CCS(=O)(=O)O)C(=O)O. The Morgan fingerprint density at radius 1 is 1.00 bits per heavy atom. The van der Waals surface area contributed by atoms with Crippen molar-refractivity contribution in [2.45, 2.75) is 12.5 Å². The second kappa shape index (κ2) is 7.01. The summed E-state index contributed by atoms with van der Waals surface area (Å²) < 4.78 is 29.6. The van der Waals surface area contributed by atoms with Gasteiger partial charge in [0.1, 0.15) is 6.04 Å². The molecular formula is C8H13NO9S. The summed E-state index contributed by atoms with van der Waals surface area (Å²) in [4.78, 5) is 32.5. The van der Waals surface area contributed by atoms with Gasteiger partial charge in [-0.1, -0.05) is 0 Å². The Morgan fingerprint density at radius 2 is 1.42 bits per heavy atom. The van der Waals surface area contributed by atoms with Gasteiger partial charge in [-0.2, -0.15) is 8.42 Å². The Labute approximate surface area is 108 Å². The molecule has 0 rings (SSSR count). The van der Waals surface area contributed by atoms with Crippen LogP contribution >= 0.6 is 0 Å². The fraction of sp³-hybridized carbons (Fsp3) is 0.625. The molecule has 0 aliphatic rings. The third-order valence-corrected chi connectivity index (χ3v) is 2.80. The van der Waals surface area contributed by atoms with Gasteiger partial charge >= 0.3 is 17.9 Å². The van der Waals surface area contributed by atoms with Crippen molar-refractivity contribution in [3.8, 4) is 0 Å². The summed E-state index contributed by atoms with van der Waals surface area (Å²) in [5, 5.41) is 26.0. The Hall–Kier alpha value is -1.72. The summed E-state index contributed by atoms with van der Waals surface area (Å²) in [5.41, 5.74) is 0. The Balaban J connectivity index is 4.98. The smallest absolute Gasteiger partial charge is 0.320 e. The summed E-state index contributed by atoms with van der Waals surface area (Å²) >= 11 is 0. The summed E-state index contributed by atoms with van der Waals surface area (Å²) in [5.74, 6) is -5.41. The van der Waals surface area contributed by atoms with Gasteiger partial charge in [-0.25, -0.2) is 0 Å². The molecule has 0 radical (unpaired) electrons. The molecule has 0 bridgehead atoms. The highest BCUT2D eigenvalue weighted by molar-refractivity contribution is 7.85. The van der Waals surface area contributed by atoms with Crippen LogP contribution in [0.25, 0.3) is 0 Å². The maximum absolute atomic E-state index is 10.9. The third kappa shape index (κ3) is 8.07. The molecule has 0 fully saturated rings. The van der Waals surface area contributed by atoms with E-state index >= 15 is 0 Å². The van der Waals surface area contributed by atoms with Gasteiger partial charge in [0.15, 0.2) is 0 Å². The lowest BCUT2D eigenvalue weighted by Gasteiger charge is -2.25. The molecule has 0 spiro atoms. The van der Waals surface area contributed by atoms with Crippen molar-refractivity contribution in [1.29, 1.82) is 0 Å².